The van der Waals surface area contributed by atoms with Gasteiger partial charge in [0.2, 0.25) is 0 Å². The molecule has 0 saturated carbocycles. The standard InChI is InChI=1S/C24H22F2N4O4/c1-14-10-17-19(4-3-5-20(17)33-2)30(14)9-8-27-22-12-18(28-13-29-22)15-6-7-16(23(31)32)21(11-15)34-24(25)26/h3-7,10-13,24H,8-9H2,1-2H3,(H,31,32)(H,27,28,29). The number of anilines is 1. The Morgan fingerprint density at radius 2 is 1.97 bits per heavy atom. The zero-order valence-corrected chi connectivity index (χ0v) is 18.5. The van der Waals surface area contributed by atoms with Crippen LogP contribution in [0.1, 0.15) is 16.1 Å². The number of rotatable bonds is 9. The van der Waals surface area contributed by atoms with E-state index in [-0.39, 0.29) is 5.56 Å². The third-order valence-electron chi connectivity index (χ3n) is 5.37. The second-order valence-corrected chi connectivity index (χ2v) is 7.44. The highest BCUT2D eigenvalue weighted by atomic mass is 19.3. The lowest BCUT2D eigenvalue weighted by Gasteiger charge is -2.12. The number of carboxylic acids is 1. The number of hydrogen-bond donors (Lipinski definition) is 2. The predicted molar refractivity (Wildman–Crippen MR) is 123 cm³/mol. The lowest BCUT2D eigenvalue weighted by Crippen LogP contribution is -2.12. The molecule has 0 saturated heterocycles. The molecule has 0 fully saturated rings. The maximum absolute atomic E-state index is 12.7. The number of methoxy groups -OCH3 is 1. The number of nitrogens with zero attached hydrogens (tertiary/aromatic N) is 3. The molecule has 176 valence electrons. The van der Waals surface area contributed by atoms with E-state index in [0.29, 0.717) is 30.2 Å². The van der Waals surface area contributed by atoms with Crippen molar-refractivity contribution < 1.29 is 28.2 Å². The number of hydrogen-bond acceptors (Lipinski definition) is 6. The Bertz CT molecular complexity index is 1340. The van der Waals surface area contributed by atoms with Crippen molar-refractivity contribution >= 4 is 22.7 Å². The fraction of sp³-hybridized carbons (Fsp3) is 0.208. The first kappa shape index (κ1) is 23.0. The highest BCUT2D eigenvalue weighted by Gasteiger charge is 2.17. The van der Waals surface area contributed by atoms with Crippen LogP contribution in [-0.4, -0.2) is 45.9 Å². The monoisotopic (exact) mass is 468 g/mol. The minimum Gasteiger partial charge on any atom is -0.496 e. The summed E-state index contributed by atoms with van der Waals surface area (Å²) in [6.07, 6.45) is 1.34. The Morgan fingerprint density at radius 1 is 1.15 bits per heavy atom. The van der Waals surface area contributed by atoms with Crippen molar-refractivity contribution in [2.75, 3.05) is 19.0 Å². The van der Waals surface area contributed by atoms with E-state index < -0.39 is 18.3 Å². The molecule has 0 bridgehead atoms. The van der Waals surface area contributed by atoms with Crippen molar-refractivity contribution in [2.24, 2.45) is 0 Å². The first-order chi connectivity index (χ1) is 16.4. The minimum absolute atomic E-state index is 0.359. The second-order valence-electron chi connectivity index (χ2n) is 7.44. The molecule has 0 atom stereocenters. The Labute approximate surface area is 193 Å². The van der Waals surface area contributed by atoms with Crippen molar-refractivity contribution in [1.29, 1.82) is 0 Å². The molecule has 10 heteroatoms. The van der Waals surface area contributed by atoms with Gasteiger partial charge >= 0.3 is 12.6 Å². The van der Waals surface area contributed by atoms with Crippen molar-refractivity contribution in [3.63, 3.8) is 0 Å². The number of aromatic nitrogens is 3. The fourth-order valence-electron chi connectivity index (χ4n) is 3.82. The number of carboxylic acid groups (broad SMARTS) is 1. The maximum Gasteiger partial charge on any atom is 0.387 e. The SMILES string of the molecule is COc1cccc2c1cc(C)n2CCNc1cc(-c2ccc(C(=O)O)c(OC(F)F)c2)ncn1. The average Bonchev–Trinajstić information content (AvgIpc) is 3.14. The molecule has 2 aromatic heterocycles. The number of carbonyl (C=O) groups is 1. The highest BCUT2D eigenvalue weighted by Crippen LogP contribution is 2.30. The lowest BCUT2D eigenvalue weighted by atomic mass is 10.1. The van der Waals surface area contributed by atoms with E-state index in [0.717, 1.165) is 22.3 Å². The quantitative estimate of drug-likeness (QED) is 0.363. The van der Waals surface area contributed by atoms with Crippen LogP contribution in [-0.2, 0) is 6.54 Å². The van der Waals surface area contributed by atoms with Crippen LogP contribution in [0.2, 0.25) is 0 Å². The molecule has 8 nitrogen and oxygen atoms in total. The number of nitrogens with one attached hydrogen (secondary N) is 1. The van der Waals surface area contributed by atoms with E-state index in [1.165, 1.54) is 24.5 Å². The minimum atomic E-state index is -3.15. The second kappa shape index (κ2) is 9.74. The summed E-state index contributed by atoms with van der Waals surface area (Å²) >= 11 is 0. The number of halogens is 2. The van der Waals surface area contributed by atoms with Crippen LogP contribution in [0.25, 0.3) is 22.2 Å². The van der Waals surface area contributed by atoms with Gasteiger partial charge in [-0.05, 0) is 37.3 Å². The van der Waals surface area contributed by atoms with E-state index in [9.17, 15) is 18.7 Å². The summed E-state index contributed by atoms with van der Waals surface area (Å²) in [6.45, 7) is 0.115. The largest absolute Gasteiger partial charge is 0.496 e. The number of alkyl halides is 2. The summed E-state index contributed by atoms with van der Waals surface area (Å²) in [5.74, 6) is -0.441. The fourth-order valence-corrected chi connectivity index (χ4v) is 3.82. The van der Waals surface area contributed by atoms with Gasteiger partial charge in [-0.3, -0.25) is 0 Å². The molecular formula is C24H22F2N4O4. The van der Waals surface area contributed by atoms with E-state index >= 15 is 0 Å². The summed E-state index contributed by atoms with van der Waals surface area (Å²) in [6, 6.07) is 13.6. The van der Waals surface area contributed by atoms with E-state index in [1.54, 1.807) is 13.2 Å². The molecular weight excluding hydrogens is 446 g/mol. The van der Waals surface area contributed by atoms with Gasteiger partial charge in [-0.2, -0.15) is 8.78 Å². The van der Waals surface area contributed by atoms with Crippen molar-refractivity contribution in [1.82, 2.24) is 14.5 Å². The number of aromatic carboxylic acids is 1. The first-order valence-corrected chi connectivity index (χ1v) is 10.4. The summed E-state index contributed by atoms with van der Waals surface area (Å²) in [7, 11) is 1.65. The number of aryl methyl sites for hydroxylation is 1. The van der Waals surface area contributed by atoms with Gasteiger partial charge in [0.1, 0.15) is 29.2 Å². The van der Waals surface area contributed by atoms with E-state index in [4.69, 9.17) is 4.74 Å². The molecule has 2 aromatic carbocycles. The zero-order valence-electron chi connectivity index (χ0n) is 18.5. The molecule has 4 rings (SSSR count). The maximum atomic E-state index is 12.7. The van der Waals surface area contributed by atoms with Crippen LogP contribution in [0, 0.1) is 6.92 Å². The molecule has 0 radical (unpaired) electrons. The number of benzene rings is 2. The van der Waals surface area contributed by atoms with E-state index in [2.05, 4.69) is 30.7 Å². The topological polar surface area (TPSA) is 98.5 Å². The van der Waals surface area contributed by atoms with Crippen LogP contribution in [0.3, 0.4) is 0 Å². The smallest absolute Gasteiger partial charge is 0.387 e. The highest BCUT2D eigenvalue weighted by molar-refractivity contribution is 5.92. The Balaban J connectivity index is 1.52. The molecule has 2 heterocycles. The van der Waals surface area contributed by atoms with Gasteiger partial charge in [0, 0.05) is 35.8 Å². The third kappa shape index (κ3) is 4.75. The van der Waals surface area contributed by atoms with Gasteiger partial charge in [-0.25, -0.2) is 14.8 Å². The summed E-state index contributed by atoms with van der Waals surface area (Å²) in [5, 5.41) is 13.5. The molecule has 34 heavy (non-hydrogen) atoms. The molecule has 0 aliphatic carbocycles. The first-order valence-electron chi connectivity index (χ1n) is 10.4. The third-order valence-corrected chi connectivity index (χ3v) is 5.37. The van der Waals surface area contributed by atoms with Crippen LogP contribution < -0.4 is 14.8 Å². The average molecular weight is 468 g/mol. The van der Waals surface area contributed by atoms with Gasteiger partial charge in [-0.1, -0.05) is 12.1 Å². The van der Waals surface area contributed by atoms with Gasteiger partial charge in [0.25, 0.3) is 0 Å². The summed E-state index contributed by atoms with van der Waals surface area (Å²) in [4.78, 5) is 19.7. The molecule has 0 aliphatic rings. The predicted octanol–water partition coefficient (Wildman–Crippen LogP) is 4.83. The molecule has 4 aromatic rings. The summed E-state index contributed by atoms with van der Waals surface area (Å²) in [5.41, 5.74) is 2.65. The molecule has 0 spiro atoms. The van der Waals surface area contributed by atoms with Crippen LogP contribution in [0.15, 0.2) is 54.9 Å². The van der Waals surface area contributed by atoms with Gasteiger partial charge in [-0.15, -0.1) is 0 Å². The normalized spacial score (nSPS) is 11.1. The zero-order chi connectivity index (χ0) is 24.2. The van der Waals surface area contributed by atoms with E-state index in [1.807, 2.05) is 25.1 Å². The van der Waals surface area contributed by atoms with Gasteiger partial charge < -0.3 is 24.5 Å². The Kier molecular flexibility index (Phi) is 6.58. The van der Waals surface area contributed by atoms with Gasteiger partial charge in [0.05, 0.1) is 18.3 Å². The van der Waals surface area contributed by atoms with Crippen LogP contribution in [0.4, 0.5) is 14.6 Å². The van der Waals surface area contributed by atoms with Crippen molar-refractivity contribution in [3.05, 3.63) is 66.1 Å². The van der Waals surface area contributed by atoms with Crippen LogP contribution >= 0.6 is 0 Å². The molecule has 2 N–H and O–H groups in total. The number of fused-ring (bicyclic) bond motifs is 1. The summed E-state index contributed by atoms with van der Waals surface area (Å²) < 4.78 is 37.5. The van der Waals surface area contributed by atoms with Gasteiger partial charge in [0.15, 0.2) is 0 Å². The van der Waals surface area contributed by atoms with Crippen LogP contribution in [0.5, 0.6) is 11.5 Å². The Hall–Kier alpha value is -4.21. The molecule has 0 amide bonds. The molecule has 0 aliphatic heterocycles. The van der Waals surface area contributed by atoms with Crippen molar-refractivity contribution in [3.8, 4) is 22.8 Å². The Morgan fingerprint density at radius 3 is 2.71 bits per heavy atom. The molecule has 0 unspecified atom stereocenters. The number of ether oxygens (including phenoxy) is 2. The van der Waals surface area contributed by atoms with Crippen molar-refractivity contribution in [2.45, 2.75) is 20.1 Å². The lowest BCUT2D eigenvalue weighted by molar-refractivity contribution is -0.0503.